The molecule has 0 aliphatic heterocycles. The number of hydrogen-bond donors (Lipinski definition) is 4. The van der Waals surface area contributed by atoms with Crippen molar-refractivity contribution in [2.24, 2.45) is 0 Å². The van der Waals surface area contributed by atoms with Gasteiger partial charge in [0.1, 0.15) is 12.1 Å². The second-order valence-corrected chi connectivity index (χ2v) is 10.9. The van der Waals surface area contributed by atoms with Crippen LogP contribution in [0.5, 0.6) is 0 Å². The van der Waals surface area contributed by atoms with E-state index in [2.05, 4.69) is 79.2 Å². The van der Waals surface area contributed by atoms with Gasteiger partial charge in [-0.1, -0.05) is 106 Å². The lowest BCUT2D eigenvalue weighted by Gasteiger charge is -2.14. The highest BCUT2D eigenvalue weighted by Crippen LogP contribution is 2.13. The Hall–Kier alpha value is -3.72. The molecule has 0 bridgehead atoms. The number of unbranched alkanes of at least 4 members (excludes halogenated alkanes) is 5. The van der Waals surface area contributed by atoms with Gasteiger partial charge in [-0.3, -0.25) is 14.4 Å². The first-order valence-electron chi connectivity index (χ1n) is 16.8. The molecule has 2 atom stereocenters. The Morgan fingerprint density at radius 2 is 1.30 bits per heavy atom. The van der Waals surface area contributed by atoms with Crippen molar-refractivity contribution in [2.75, 3.05) is 13.2 Å². The van der Waals surface area contributed by atoms with Crippen molar-refractivity contribution in [1.29, 1.82) is 0 Å². The van der Waals surface area contributed by atoms with E-state index >= 15 is 0 Å². The van der Waals surface area contributed by atoms with Gasteiger partial charge in [0.25, 0.3) is 0 Å². The van der Waals surface area contributed by atoms with Gasteiger partial charge in [-0.15, -0.1) is 0 Å². The number of allylic oxidation sites excluding steroid dienone is 10. The molecule has 2 unspecified atom stereocenters. The molecule has 0 aromatic carbocycles. The minimum absolute atomic E-state index is 0.233. The fraction of sp³-hybridized carbons (Fsp3) is 0.568. The van der Waals surface area contributed by atoms with E-state index in [-0.39, 0.29) is 37.4 Å². The van der Waals surface area contributed by atoms with Gasteiger partial charge in [0.05, 0.1) is 19.6 Å². The monoisotopic (exact) mass is 642 g/mol. The highest BCUT2D eigenvalue weighted by molar-refractivity contribution is 5.87. The smallest absolute Gasteiger partial charge is 0.328 e. The molecule has 9 heteroatoms. The van der Waals surface area contributed by atoms with Gasteiger partial charge in [0.2, 0.25) is 11.8 Å². The van der Waals surface area contributed by atoms with E-state index < -0.39 is 24.5 Å². The molecular formula is C37H58N2O7. The number of aliphatic hydroxyl groups excluding tert-OH is 1. The Morgan fingerprint density at radius 1 is 0.717 bits per heavy atom. The third kappa shape index (κ3) is 27.8. The van der Waals surface area contributed by atoms with Gasteiger partial charge in [0.15, 0.2) is 0 Å². The van der Waals surface area contributed by atoms with E-state index in [1.165, 1.54) is 0 Å². The fourth-order valence-corrected chi connectivity index (χ4v) is 4.09. The summed E-state index contributed by atoms with van der Waals surface area (Å²) >= 11 is 0. The standard InChI is InChI=1S/C37H58N2O7/c1-3-5-7-9-10-11-12-13-14-15-16-17-18-19-25-29-36(43)46-32(26-22-8-6-4-2)27-23-20-21-24-28-34(41)38-30-35(42)39-33(31-40)37(44)45/h5,7,10-11,13-14,16-17,19,22,25-26,32-33,40H,3-4,6,8-9,12,15,18,20-21,23-24,27-31H2,1-2H3,(H,38,41)(H,39,42)(H,44,45)/b7-5-,11-10-,14-13-,17-16-,25-19-,26-22-. The highest BCUT2D eigenvalue weighted by atomic mass is 16.5. The summed E-state index contributed by atoms with van der Waals surface area (Å²) in [4.78, 5) is 47.0. The van der Waals surface area contributed by atoms with Crippen LogP contribution < -0.4 is 10.6 Å². The number of rotatable bonds is 28. The molecule has 0 saturated carbocycles. The molecule has 0 heterocycles. The van der Waals surface area contributed by atoms with E-state index in [9.17, 15) is 19.2 Å². The van der Waals surface area contributed by atoms with Crippen LogP contribution in [-0.4, -0.2) is 59.3 Å². The van der Waals surface area contributed by atoms with Crippen molar-refractivity contribution in [1.82, 2.24) is 10.6 Å². The fourth-order valence-electron chi connectivity index (χ4n) is 4.09. The van der Waals surface area contributed by atoms with Gasteiger partial charge < -0.3 is 25.6 Å². The molecule has 0 radical (unpaired) electrons. The maximum absolute atomic E-state index is 12.4. The number of carboxylic acid groups (broad SMARTS) is 1. The van der Waals surface area contributed by atoms with Crippen molar-refractivity contribution in [3.63, 3.8) is 0 Å². The Labute approximate surface area is 276 Å². The van der Waals surface area contributed by atoms with Crippen LogP contribution in [-0.2, 0) is 23.9 Å². The zero-order valence-corrected chi connectivity index (χ0v) is 28.0. The van der Waals surface area contributed by atoms with Crippen LogP contribution in [0.4, 0.5) is 0 Å². The topological polar surface area (TPSA) is 142 Å². The maximum atomic E-state index is 12.4. The lowest BCUT2D eigenvalue weighted by atomic mass is 10.1. The third-order valence-electron chi connectivity index (χ3n) is 6.70. The number of aliphatic carboxylic acids is 1. The molecule has 0 spiro atoms. The lowest BCUT2D eigenvalue weighted by molar-refractivity contribution is -0.146. The van der Waals surface area contributed by atoms with Gasteiger partial charge in [-0.25, -0.2) is 4.79 Å². The zero-order valence-electron chi connectivity index (χ0n) is 28.0. The number of amides is 2. The Kier molecular flexibility index (Phi) is 28.7. The number of esters is 1. The van der Waals surface area contributed by atoms with Crippen LogP contribution in [0.3, 0.4) is 0 Å². The summed E-state index contributed by atoms with van der Waals surface area (Å²) in [5.41, 5.74) is 0. The molecule has 0 aromatic rings. The van der Waals surface area contributed by atoms with Crippen LogP contribution in [0.1, 0.15) is 110 Å². The van der Waals surface area contributed by atoms with Crippen molar-refractivity contribution >= 4 is 23.8 Å². The number of carbonyl (C=O) groups is 4. The first-order valence-corrected chi connectivity index (χ1v) is 16.8. The van der Waals surface area contributed by atoms with E-state index in [1.807, 2.05) is 18.2 Å². The molecule has 4 N–H and O–H groups in total. The van der Waals surface area contributed by atoms with Gasteiger partial charge in [-0.05, 0) is 63.9 Å². The van der Waals surface area contributed by atoms with Crippen LogP contribution in [0.25, 0.3) is 0 Å². The molecule has 0 rings (SSSR count). The molecule has 0 aliphatic rings. The van der Waals surface area contributed by atoms with E-state index in [0.29, 0.717) is 12.8 Å². The first-order chi connectivity index (χ1) is 22.3. The summed E-state index contributed by atoms with van der Waals surface area (Å²) in [6.45, 7) is 3.19. The summed E-state index contributed by atoms with van der Waals surface area (Å²) in [6.07, 6.45) is 37.0. The van der Waals surface area contributed by atoms with Crippen LogP contribution in [0.15, 0.2) is 72.9 Å². The van der Waals surface area contributed by atoms with Crippen molar-refractivity contribution in [3.8, 4) is 0 Å². The Morgan fingerprint density at radius 3 is 1.87 bits per heavy atom. The van der Waals surface area contributed by atoms with Crippen molar-refractivity contribution in [3.05, 3.63) is 72.9 Å². The molecule has 0 aliphatic carbocycles. The zero-order chi connectivity index (χ0) is 34.1. The van der Waals surface area contributed by atoms with Crippen LogP contribution in [0.2, 0.25) is 0 Å². The van der Waals surface area contributed by atoms with Crippen LogP contribution in [0, 0.1) is 0 Å². The molecule has 0 fully saturated rings. The van der Waals surface area contributed by atoms with Crippen molar-refractivity contribution < 1.29 is 34.1 Å². The average molecular weight is 643 g/mol. The van der Waals surface area contributed by atoms with Gasteiger partial charge >= 0.3 is 11.9 Å². The van der Waals surface area contributed by atoms with Crippen LogP contribution >= 0.6 is 0 Å². The average Bonchev–Trinajstić information content (AvgIpc) is 3.03. The first kappa shape index (κ1) is 42.3. The third-order valence-corrected chi connectivity index (χ3v) is 6.70. The molecule has 258 valence electrons. The minimum Gasteiger partial charge on any atom is -0.480 e. The summed E-state index contributed by atoms with van der Waals surface area (Å²) in [7, 11) is 0. The predicted molar refractivity (Wildman–Crippen MR) is 185 cm³/mol. The summed E-state index contributed by atoms with van der Waals surface area (Å²) in [5.74, 6) is -2.57. The largest absolute Gasteiger partial charge is 0.480 e. The number of carbonyl (C=O) groups excluding carboxylic acids is 3. The summed E-state index contributed by atoms with van der Waals surface area (Å²) < 4.78 is 5.73. The number of carboxylic acids is 1. The normalized spacial score (nSPS) is 13.5. The maximum Gasteiger partial charge on any atom is 0.328 e. The Balaban J connectivity index is 4.29. The Bertz CT molecular complexity index is 1010. The lowest BCUT2D eigenvalue weighted by Crippen LogP contribution is -2.47. The SMILES string of the molecule is CC/C=C\C/C=C\C/C=C\C/C=C\C/C=C\CC(=O)OC(/C=C\CCCC)CCCCCCC(=O)NCC(=O)NC(CO)C(=O)O. The molecule has 0 aromatic heterocycles. The summed E-state index contributed by atoms with van der Waals surface area (Å²) in [5, 5.41) is 22.4. The number of hydrogen-bond acceptors (Lipinski definition) is 6. The second kappa shape index (κ2) is 31.3. The molecule has 9 nitrogen and oxygen atoms in total. The molecule has 0 saturated heterocycles. The number of aliphatic hydroxyl groups is 1. The number of nitrogens with one attached hydrogen (secondary N) is 2. The number of ether oxygens (including phenoxy) is 1. The molecule has 2 amide bonds. The quantitative estimate of drug-likeness (QED) is 0.0418. The van der Waals surface area contributed by atoms with Gasteiger partial charge in [-0.2, -0.15) is 0 Å². The minimum atomic E-state index is -1.40. The summed E-state index contributed by atoms with van der Waals surface area (Å²) in [6, 6.07) is -1.40. The molecular weight excluding hydrogens is 584 g/mol. The second-order valence-electron chi connectivity index (χ2n) is 10.9. The predicted octanol–water partition coefficient (Wildman–Crippen LogP) is 6.80. The van der Waals surface area contributed by atoms with E-state index in [4.69, 9.17) is 14.9 Å². The molecule has 46 heavy (non-hydrogen) atoms. The van der Waals surface area contributed by atoms with E-state index in [0.717, 1.165) is 70.6 Å². The van der Waals surface area contributed by atoms with E-state index in [1.54, 1.807) is 0 Å². The van der Waals surface area contributed by atoms with Gasteiger partial charge in [0, 0.05) is 6.42 Å². The highest BCUT2D eigenvalue weighted by Gasteiger charge is 2.18. The van der Waals surface area contributed by atoms with Crippen molar-refractivity contribution in [2.45, 2.75) is 122 Å².